The molecule has 0 saturated heterocycles. The molecule has 0 bridgehead atoms. The van der Waals surface area contributed by atoms with Gasteiger partial charge in [-0.1, -0.05) is 6.92 Å². The number of carbonyl (C=O) groups excluding carboxylic acids is 1. The minimum Gasteiger partial charge on any atom is -0.493 e. The third kappa shape index (κ3) is 4.15. The molecule has 1 N–H and O–H groups in total. The van der Waals surface area contributed by atoms with Crippen LogP contribution in [0.25, 0.3) is 0 Å². The molecule has 0 unspecified atom stereocenters. The Balaban J connectivity index is 2.11. The van der Waals surface area contributed by atoms with E-state index in [0.29, 0.717) is 23.7 Å². The van der Waals surface area contributed by atoms with E-state index >= 15 is 0 Å². The number of hydrogen-bond acceptors (Lipinski definition) is 3. The zero-order valence-electron chi connectivity index (χ0n) is 13.4. The lowest BCUT2D eigenvalue weighted by Gasteiger charge is -2.27. The van der Waals surface area contributed by atoms with E-state index in [4.69, 9.17) is 9.47 Å². The van der Waals surface area contributed by atoms with Crippen molar-refractivity contribution in [2.75, 3.05) is 13.7 Å². The maximum Gasteiger partial charge on any atom is 0.251 e. The SMILES string of the molecule is CCOc1c(Br)cc(C(=O)NC2CCC(C)CC2)cc1OC. The van der Waals surface area contributed by atoms with Crippen LogP contribution in [0.5, 0.6) is 11.5 Å². The van der Waals surface area contributed by atoms with E-state index in [-0.39, 0.29) is 11.9 Å². The number of ether oxygens (including phenoxy) is 2. The molecule has 1 aliphatic rings. The number of methoxy groups -OCH3 is 1. The highest BCUT2D eigenvalue weighted by molar-refractivity contribution is 9.10. The van der Waals surface area contributed by atoms with Gasteiger partial charge in [0.2, 0.25) is 0 Å². The fourth-order valence-corrected chi connectivity index (χ4v) is 3.36. The monoisotopic (exact) mass is 369 g/mol. The summed E-state index contributed by atoms with van der Waals surface area (Å²) in [4.78, 5) is 12.5. The van der Waals surface area contributed by atoms with E-state index in [2.05, 4.69) is 28.2 Å². The lowest BCUT2D eigenvalue weighted by atomic mass is 9.87. The van der Waals surface area contributed by atoms with Crippen LogP contribution in [0.2, 0.25) is 0 Å². The molecule has 2 rings (SSSR count). The van der Waals surface area contributed by atoms with Crippen LogP contribution in [0.4, 0.5) is 0 Å². The van der Waals surface area contributed by atoms with Crippen molar-refractivity contribution in [1.29, 1.82) is 0 Å². The molecule has 1 aromatic carbocycles. The zero-order chi connectivity index (χ0) is 16.1. The first-order valence-electron chi connectivity index (χ1n) is 7.86. The predicted octanol–water partition coefficient (Wildman–Crippen LogP) is 4.16. The average Bonchev–Trinajstić information content (AvgIpc) is 2.51. The first-order chi connectivity index (χ1) is 10.5. The Morgan fingerprint density at radius 1 is 1.32 bits per heavy atom. The third-order valence-electron chi connectivity index (χ3n) is 4.13. The molecule has 4 nitrogen and oxygen atoms in total. The lowest BCUT2D eigenvalue weighted by Crippen LogP contribution is -2.37. The molecule has 1 fully saturated rings. The van der Waals surface area contributed by atoms with Crippen molar-refractivity contribution >= 4 is 21.8 Å². The summed E-state index contributed by atoms with van der Waals surface area (Å²) in [5.41, 5.74) is 0.589. The summed E-state index contributed by atoms with van der Waals surface area (Å²) < 4.78 is 11.6. The number of amides is 1. The van der Waals surface area contributed by atoms with Crippen molar-refractivity contribution in [2.24, 2.45) is 5.92 Å². The normalized spacial score (nSPS) is 21.3. The van der Waals surface area contributed by atoms with Crippen LogP contribution in [0, 0.1) is 5.92 Å². The Bertz CT molecular complexity index is 525. The maximum absolute atomic E-state index is 12.5. The van der Waals surface area contributed by atoms with E-state index < -0.39 is 0 Å². The van der Waals surface area contributed by atoms with Crippen molar-refractivity contribution in [2.45, 2.75) is 45.6 Å². The fourth-order valence-electron chi connectivity index (χ4n) is 2.81. The molecule has 1 aliphatic carbocycles. The summed E-state index contributed by atoms with van der Waals surface area (Å²) in [6, 6.07) is 3.80. The Kier molecular flexibility index (Phi) is 6.12. The van der Waals surface area contributed by atoms with Crippen LogP contribution in [0.1, 0.15) is 49.9 Å². The number of hydrogen-bond donors (Lipinski definition) is 1. The Labute approximate surface area is 140 Å². The van der Waals surface area contributed by atoms with Gasteiger partial charge in [0.05, 0.1) is 18.2 Å². The quantitative estimate of drug-likeness (QED) is 0.847. The van der Waals surface area contributed by atoms with Gasteiger partial charge in [0.25, 0.3) is 5.91 Å². The Morgan fingerprint density at radius 2 is 2.00 bits per heavy atom. The van der Waals surface area contributed by atoms with Crippen molar-refractivity contribution < 1.29 is 14.3 Å². The van der Waals surface area contributed by atoms with E-state index in [0.717, 1.165) is 23.2 Å². The first kappa shape index (κ1) is 17.1. The second-order valence-electron chi connectivity index (χ2n) is 5.85. The molecular weight excluding hydrogens is 346 g/mol. The van der Waals surface area contributed by atoms with Crippen LogP contribution in [0.15, 0.2) is 16.6 Å². The van der Waals surface area contributed by atoms with Crippen LogP contribution in [-0.2, 0) is 0 Å². The number of benzene rings is 1. The second kappa shape index (κ2) is 7.86. The van der Waals surface area contributed by atoms with Gasteiger partial charge < -0.3 is 14.8 Å². The van der Waals surface area contributed by atoms with Gasteiger partial charge in [-0.25, -0.2) is 0 Å². The molecule has 0 radical (unpaired) electrons. The summed E-state index contributed by atoms with van der Waals surface area (Å²) in [6.45, 7) is 4.73. The molecular formula is C17H24BrNO3. The van der Waals surface area contributed by atoms with E-state index in [1.807, 2.05) is 6.92 Å². The van der Waals surface area contributed by atoms with Gasteiger partial charge in [-0.3, -0.25) is 4.79 Å². The molecule has 0 heterocycles. The molecule has 0 aliphatic heterocycles. The standard InChI is InChI=1S/C17H24BrNO3/c1-4-22-16-14(18)9-12(10-15(16)21-3)17(20)19-13-7-5-11(2)6-8-13/h9-11,13H,4-8H2,1-3H3,(H,19,20). The summed E-state index contributed by atoms with van der Waals surface area (Å²) in [6.07, 6.45) is 4.48. The largest absolute Gasteiger partial charge is 0.493 e. The lowest BCUT2D eigenvalue weighted by molar-refractivity contribution is 0.0922. The van der Waals surface area contributed by atoms with Crippen molar-refractivity contribution in [3.05, 3.63) is 22.2 Å². The van der Waals surface area contributed by atoms with Crippen LogP contribution >= 0.6 is 15.9 Å². The molecule has 0 atom stereocenters. The van der Waals surface area contributed by atoms with E-state index in [1.165, 1.54) is 12.8 Å². The van der Waals surface area contributed by atoms with Crippen molar-refractivity contribution in [1.82, 2.24) is 5.32 Å². The van der Waals surface area contributed by atoms with Crippen LogP contribution in [0.3, 0.4) is 0 Å². The average molecular weight is 370 g/mol. The predicted molar refractivity (Wildman–Crippen MR) is 90.7 cm³/mol. The Morgan fingerprint density at radius 3 is 2.59 bits per heavy atom. The fraction of sp³-hybridized carbons (Fsp3) is 0.588. The highest BCUT2D eigenvalue weighted by Gasteiger charge is 2.21. The number of nitrogens with one attached hydrogen (secondary N) is 1. The number of rotatable bonds is 5. The topological polar surface area (TPSA) is 47.6 Å². The highest BCUT2D eigenvalue weighted by atomic mass is 79.9. The van der Waals surface area contributed by atoms with Gasteiger partial charge in [-0.15, -0.1) is 0 Å². The molecule has 1 aromatic rings. The van der Waals surface area contributed by atoms with E-state index in [9.17, 15) is 4.79 Å². The molecule has 5 heteroatoms. The molecule has 0 spiro atoms. The molecule has 22 heavy (non-hydrogen) atoms. The number of carbonyl (C=O) groups is 1. The summed E-state index contributed by atoms with van der Waals surface area (Å²) >= 11 is 3.46. The smallest absolute Gasteiger partial charge is 0.251 e. The van der Waals surface area contributed by atoms with Gasteiger partial charge in [0.1, 0.15) is 0 Å². The first-order valence-corrected chi connectivity index (χ1v) is 8.65. The van der Waals surface area contributed by atoms with Gasteiger partial charge in [-0.05, 0) is 66.6 Å². The Hall–Kier alpha value is -1.23. The summed E-state index contributed by atoms with van der Waals surface area (Å²) in [5.74, 6) is 1.92. The minimum absolute atomic E-state index is 0.0541. The molecule has 0 aromatic heterocycles. The van der Waals surface area contributed by atoms with Gasteiger partial charge in [0.15, 0.2) is 11.5 Å². The molecule has 1 saturated carbocycles. The highest BCUT2D eigenvalue weighted by Crippen LogP contribution is 2.36. The van der Waals surface area contributed by atoms with E-state index in [1.54, 1.807) is 19.2 Å². The van der Waals surface area contributed by atoms with Gasteiger partial charge >= 0.3 is 0 Å². The van der Waals surface area contributed by atoms with Crippen LogP contribution in [-0.4, -0.2) is 25.7 Å². The van der Waals surface area contributed by atoms with Crippen molar-refractivity contribution in [3.63, 3.8) is 0 Å². The summed E-state index contributed by atoms with van der Waals surface area (Å²) in [5, 5.41) is 3.13. The second-order valence-corrected chi connectivity index (χ2v) is 6.71. The number of halogens is 1. The maximum atomic E-state index is 12.5. The zero-order valence-corrected chi connectivity index (χ0v) is 15.0. The minimum atomic E-state index is -0.0541. The van der Waals surface area contributed by atoms with Crippen molar-refractivity contribution in [3.8, 4) is 11.5 Å². The van der Waals surface area contributed by atoms with Crippen LogP contribution < -0.4 is 14.8 Å². The van der Waals surface area contributed by atoms with Gasteiger partial charge in [0, 0.05) is 11.6 Å². The third-order valence-corrected chi connectivity index (χ3v) is 4.72. The molecule has 122 valence electrons. The van der Waals surface area contributed by atoms with Gasteiger partial charge in [-0.2, -0.15) is 0 Å². The molecule has 1 amide bonds. The summed E-state index contributed by atoms with van der Waals surface area (Å²) in [7, 11) is 1.58.